The van der Waals surface area contributed by atoms with Gasteiger partial charge in [0.15, 0.2) is 11.6 Å². The van der Waals surface area contributed by atoms with Gasteiger partial charge in [-0.2, -0.15) is 8.42 Å². The lowest BCUT2D eigenvalue weighted by atomic mass is 9.78. The molecule has 11 nitrogen and oxygen atoms in total. The molecule has 218 valence electrons. The molecule has 2 aromatic rings. The van der Waals surface area contributed by atoms with Gasteiger partial charge in [-0.25, -0.2) is 0 Å². The van der Waals surface area contributed by atoms with Crippen molar-refractivity contribution in [3.05, 3.63) is 76.3 Å². The molecular formula is C29H34N4O7S. The van der Waals surface area contributed by atoms with Crippen LogP contribution in [0, 0.1) is 5.92 Å². The molecule has 1 aliphatic heterocycles. The van der Waals surface area contributed by atoms with Gasteiger partial charge in [-0.3, -0.25) is 19.1 Å². The first-order valence-electron chi connectivity index (χ1n) is 13.1. The quantitative estimate of drug-likeness (QED) is 0.359. The lowest BCUT2D eigenvalue weighted by Gasteiger charge is -2.31. The zero-order valence-corrected chi connectivity index (χ0v) is 24.0. The van der Waals surface area contributed by atoms with E-state index in [1.807, 2.05) is 12.4 Å². The fourth-order valence-corrected chi connectivity index (χ4v) is 5.66. The van der Waals surface area contributed by atoms with Gasteiger partial charge in [-0.1, -0.05) is 0 Å². The van der Waals surface area contributed by atoms with Crippen molar-refractivity contribution >= 4 is 44.6 Å². The Morgan fingerprint density at radius 2 is 1.88 bits per heavy atom. The Kier molecular flexibility index (Phi) is 8.78. The van der Waals surface area contributed by atoms with Gasteiger partial charge in [0.25, 0.3) is 10.1 Å². The average Bonchev–Trinajstić information content (AvgIpc) is 3.23. The molecule has 0 radical (unpaired) electrons. The minimum Gasteiger partial charge on any atom is -0.468 e. The van der Waals surface area contributed by atoms with Crippen molar-refractivity contribution in [1.82, 2.24) is 14.9 Å². The Labute approximate surface area is 238 Å². The summed E-state index contributed by atoms with van der Waals surface area (Å²) in [5.41, 5.74) is 7.86. The number of aliphatic imine (C=N–C) groups is 1. The van der Waals surface area contributed by atoms with E-state index in [2.05, 4.69) is 41.1 Å². The summed E-state index contributed by atoms with van der Waals surface area (Å²) < 4.78 is 31.7. The van der Waals surface area contributed by atoms with Gasteiger partial charge in [0, 0.05) is 66.4 Å². The first-order chi connectivity index (χ1) is 19.0. The molecule has 0 aromatic carbocycles. The van der Waals surface area contributed by atoms with Crippen LogP contribution in [-0.2, 0) is 21.3 Å². The minimum absolute atomic E-state index is 0. The average molecular weight is 583 g/mol. The summed E-state index contributed by atoms with van der Waals surface area (Å²) in [6.45, 7) is 1.48. The number of carbonyl (C=O) groups is 2. The molecule has 0 spiro atoms. The van der Waals surface area contributed by atoms with E-state index >= 15 is 0 Å². The van der Waals surface area contributed by atoms with Crippen molar-refractivity contribution in [2.24, 2.45) is 10.9 Å². The van der Waals surface area contributed by atoms with Crippen LogP contribution in [0.1, 0.15) is 52.2 Å². The molecular weight excluding hydrogens is 548 g/mol. The van der Waals surface area contributed by atoms with E-state index in [-0.39, 0.29) is 23.5 Å². The summed E-state index contributed by atoms with van der Waals surface area (Å²) in [4.78, 5) is 40.2. The van der Waals surface area contributed by atoms with Crippen LogP contribution in [0.4, 0.5) is 0 Å². The molecule has 5 N–H and O–H groups in total. The number of nitrogens with zero attached hydrogens (tertiary/aromatic N) is 2. The highest BCUT2D eigenvalue weighted by atomic mass is 32.2. The van der Waals surface area contributed by atoms with Crippen molar-refractivity contribution < 1.29 is 32.5 Å². The molecule has 6 rings (SSSR count). The summed E-state index contributed by atoms with van der Waals surface area (Å²) in [6, 6.07) is 1.79. The fourth-order valence-electron chi connectivity index (χ4n) is 5.66. The van der Waals surface area contributed by atoms with E-state index in [1.54, 1.807) is 18.5 Å². The number of aromatic amines is 2. The fraction of sp³-hybridized carbons (Fsp3) is 0.345. The van der Waals surface area contributed by atoms with E-state index in [9.17, 15) is 18.0 Å². The Morgan fingerprint density at radius 1 is 1.12 bits per heavy atom. The standard InChI is InChI=1S/C28H28N4O3.CH4O3S.H2O/c1-32(2)15-17-4-3-16-9-21-23-14-29-13-18(23)10-20(16)27(17)30-6-5-19-11-22-24(33)12-25(34)26(21)28(22)31-7-8-35-19;1-5(2,3)4;/h7-11,13-14,17,29,31H,3-6,12,15H2,1-2H3;1H3,(H,2,3,4);1H2/b8-7?,19-11?,26-21+,30-27-;;/t17-;;/m0../s1. The van der Waals surface area contributed by atoms with Crippen LogP contribution in [-0.4, -0.2) is 84.0 Å². The van der Waals surface area contributed by atoms with Crippen molar-refractivity contribution in [3.63, 3.8) is 0 Å². The summed E-state index contributed by atoms with van der Waals surface area (Å²) in [6.07, 6.45) is 14.5. The van der Waals surface area contributed by atoms with E-state index in [0.29, 0.717) is 47.7 Å². The highest BCUT2D eigenvalue weighted by Crippen LogP contribution is 2.42. The number of allylic oxidation sites excluding steroid dienone is 5. The maximum absolute atomic E-state index is 13.4. The van der Waals surface area contributed by atoms with Gasteiger partial charge in [-0.05, 0) is 61.9 Å². The van der Waals surface area contributed by atoms with E-state index in [4.69, 9.17) is 14.0 Å². The van der Waals surface area contributed by atoms with Crippen LogP contribution in [0.5, 0.6) is 0 Å². The molecule has 1 fully saturated rings. The monoisotopic (exact) mass is 582 g/mol. The van der Waals surface area contributed by atoms with Gasteiger partial charge in [0.05, 0.1) is 23.9 Å². The second-order valence-corrected chi connectivity index (χ2v) is 12.0. The number of nitrogens with one attached hydrogen (secondary N) is 2. The van der Waals surface area contributed by atoms with Crippen LogP contribution in [0.2, 0.25) is 0 Å². The largest absolute Gasteiger partial charge is 0.468 e. The lowest BCUT2D eigenvalue weighted by molar-refractivity contribution is -0.113. The Hall–Kier alpha value is -3.84. The normalized spacial score (nSPS) is 22.3. The maximum atomic E-state index is 13.4. The lowest BCUT2D eigenvalue weighted by Crippen LogP contribution is -2.32. The van der Waals surface area contributed by atoms with Gasteiger partial charge < -0.3 is 24.8 Å². The minimum atomic E-state index is -3.67. The first kappa shape index (κ1) is 30.1. The third kappa shape index (κ3) is 6.57. The number of ketones is 2. The van der Waals surface area contributed by atoms with Crippen molar-refractivity contribution in [1.29, 1.82) is 0 Å². The second kappa shape index (κ2) is 12.0. The molecule has 0 amide bonds. The maximum Gasteiger partial charge on any atom is 0.261 e. The van der Waals surface area contributed by atoms with Gasteiger partial charge in [0.1, 0.15) is 12.0 Å². The molecule has 1 saturated carbocycles. The molecule has 2 aromatic heterocycles. The van der Waals surface area contributed by atoms with Gasteiger partial charge >= 0.3 is 0 Å². The molecule has 0 unspecified atom stereocenters. The van der Waals surface area contributed by atoms with Gasteiger partial charge in [-0.15, -0.1) is 0 Å². The molecule has 0 saturated heterocycles. The molecule has 41 heavy (non-hydrogen) atoms. The third-order valence-electron chi connectivity index (χ3n) is 7.19. The predicted molar refractivity (Wildman–Crippen MR) is 157 cm³/mol. The topological polar surface area (TPSA) is 180 Å². The Morgan fingerprint density at radius 3 is 2.61 bits per heavy atom. The smallest absolute Gasteiger partial charge is 0.261 e. The van der Waals surface area contributed by atoms with Gasteiger partial charge in [0.2, 0.25) is 0 Å². The summed E-state index contributed by atoms with van der Waals surface area (Å²) in [5.74, 6) is 0.623. The molecule has 3 heterocycles. The molecule has 4 aliphatic rings. The molecule has 8 bridgehead atoms. The number of hydrogen-bond donors (Lipinski definition) is 3. The van der Waals surface area contributed by atoms with Crippen LogP contribution >= 0.6 is 0 Å². The highest BCUT2D eigenvalue weighted by molar-refractivity contribution is 7.85. The van der Waals surface area contributed by atoms with Crippen molar-refractivity contribution in [2.75, 3.05) is 33.4 Å². The zero-order valence-electron chi connectivity index (χ0n) is 23.2. The van der Waals surface area contributed by atoms with Crippen LogP contribution < -0.4 is 0 Å². The zero-order chi connectivity index (χ0) is 28.6. The number of fused-ring (bicyclic) bond motifs is 4. The van der Waals surface area contributed by atoms with Crippen LogP contribution in [0.25, 0.3) is 17.2 Å². The van der Waals surface area contributed by atoms with Crippen molar-refractivity contribution in [2.45, 2.75) is 25.7 Å². The number of hydrogen-bond acceptors (Lipinski definition) is 7. The number of Topliss-reactive ketones (excluding diaryl/α,β-unsaturated/α-hetero) is 2. The van der Waals surface area contributed by atoms with E-state index in [0.717, 1.165) is 47.4 Å². The van der Waals surface area contributed by atoms with Crippen LogP contribution in [0.3, 0.4) is 0 Å². The van der Waals surface area contributed by atoms with E-state index in [1.165, 1.54) is 5.57 Å². The number of aromatic nitrogens is 2. The Bertz CT molecular complexity index is 1650. The highest BCUT2D eigenvalue weighted by Gasteiger charge is 2.35. The number of H-pyrrole nitrogens is 2. The third-order valence-corrected chi connectivity index (χ3v) is 7.19. The molecule has 1 atom stereocenters. The van der Waals surface area contributed by atoms with E-state index < -0.39 is 10.1 Å². The molecule has 3 aliphatic carbocycles. The Balaban J connectivity index is 0.000000596. The summed E-state index contributed by atoms with van der Waals surface area (Å²) >= 11 is 0. The SMILES string of the molecule is CN(C)C[C@@H]1CCC2=C/C3=C4/C(=O)CC(=O)c5cc(occ[nH]c54)CC/N=C/1C2=Cc1c[nH]cc13.CS(=O)(=O)O.O. The first-order valence-corrected chi connectivity index (χ1v) is 14.9. The molecule has 12 heteroatoms. The summed E-state index contributed by atoms with van der Waals surface area (Å²) in [7, 11) is 0.529. The number of carbonyl (C=O) groups excluding carboxylic acids is 2. The van der Waals surface area contributed by atoms with Crippen molar-refractivity contribution in [3.8, 4) is 0 Å². The second-order valence-electron chi connectivity index (χ2n) is 10.6. The summed E-state index contributed by atoms with van der Waals surface area (Å²) in [5, 5.41) is 0. The number of rotatable bonds is 2. The van der Waals surface area contributed by atoms with Crippen LogP contribution in [0.15, 0.2) is 57.6 Å². The predicted octanol–water partition coefficient (Wildman–Crippen LogP) is 3.10.